The maximum Gasteiger partial charge on any atom is 0.269 e. The zero-order chi connectivity index (χ0) is 12.1. The molecular formula is C10H17N3O3. The highest BCUT2D eigenvalue weighted by Crippen LogP contribution is 2.01. The molecule has 0 spiro atoms. The van der Waals surface area contributed by atoms with Gasteiger partial charge in [0.05, 0.1) is 6.04 Å². The summed E-state index contributed by atoms with van der Waals surface area (Å²) in [6.45, 7) is 1.81. The highest BCUT2D eigenvalue weighted by atomic mass is 16.7. The summed E-state index contributed by atoms with van der Waals surface area (Å²) in [6.07, 6.45) is 1.11. The van der Waals surface area contributed by atoms with Crippen molar-refractivity contribution in [1.29, 1.82) is 0 Å². The number of amides is 1. The molecule has 1 amide bonds. The molecule has 1 atom stereocenters. The molecule has 90 valence electrons. The van der Waals surface area contributed by atoms with Gasteiger partial charge in [-0.25, -0.2) is 0 Å². The standard InChI is InChI=1S/C10H17N3O3/c1-7(10(15-3)16-4)12-9(14)8-5-6-11-13(8)2/h5-7,10H,1-4H3,(H,12,14). The monoisotopic (exact) mass is 227 g/mol. The Morgan fingerprint density at radius 2 is 2.12 bits per heavy atom. The van der Waals surface area contributed by atoms with E-state index in [0.29, 0.717) is 5.69 Å². The summed E-state index contributed by atoms with van der Waals surface area (Å²) in [5.41, 5.74) is 0.498. The Bertz CT molecular complexity index is 347. The fourth-order valence-electron chi connectivity index (χ4n) is 1.45. The number of rotatable bonds is 5. The number of nitrogens with one attached hydrogen (secondary N) is 1. The number of methoxy groups -OCH3 is 2. The fraction of sp³-hybridized carbons (Fsp3) is 0.600. The largest absolute Gasteiger partial charge is 0.354 e. The Morgan fingerprint density at radius 1 is 1.50 bits per heavy atom. The van der Waals surface area contributed by atoms with Crippen LogP contribution in [0.15, 0.2) is 12.3 Å². The van der Waals surface area contributed by atoms with Gasteiger partial charge in [0.1, 0.15) is 5.69 Å². The van der Waals surface area contributed by atoms with Crippen molar-refractivity contribution in [3.63, 3.8) is 0 Å². The Kier molecular flexibility index (Phi) is 4.45. The van der Waals surface area contributed by atoms with Crippen molar-refractivity contribution in [2.45, 2.75) is 19.3 Å². The van der Waals surface area contributed by atoms with Gasteiger partial charge >= 0.3 is 0 Å². The summed E-state index contributed by atoms with van der Waals surface area (Å²) in [5.74, 6) is -0.202. The van der Waals surface area contributed by atoms with Crippen molar-refractivity contribution in [1.82, 2.24) is 15.1 Å². The van der Waals surface area contributed by atoms with E-state index < -0.39 is 6.29 Å². The van der Waals surface area contributed by atoms with Gasteiger partial charge in [0.25, 0.3) is 5.91 Å². The summed E-state index contributed by atoms with van der Waals surface area (Å²) < 4.78 is 11.6. The van der Waals surface area contributed by atoms with Crippen LogP contribution in [0.3, 0.4) is 0 Å². The minimum atomic E-state index is -0.461. The van der Waals surface area contributed by atoms with Crippen LogP contribution in [0.1, 0.15) is 17.4 Å². The minimum Gasteiger partial charge on any atom is -0.354 e. The normalized spacial score (nSPS) is 12.8. The van der Waals surface area contributed by atoms with Gasteiger partial charge in [0.15, 0.2) is 6.29 Å². The summed E-state index contributed by atoms with van der Waals surface area (Å²) in [6, 6.07) is 1.41. The van der Waals surface area contributed by atoms with Gasteiger partial charge in [0.2, 0.25) is 0 Å². The van der Waals surface area contributed by atoms with E-state index in [1.54, 1.807) is 19.3 Å². The molecule has 0 aliphatic rings. The lowest BCUT2D eigenvalue weighted by Gasteiger charge is -2.21. The number of carbonyl (C=O) groups is 1. The molecule has 6 nitrogen and oxygen atoms in total. The first-order valence-electron chi connectivity index (χ1n) is 4.94. The smallest absolute Gasteiger partial charge is 0.269 e. The topological polar surface area (TPSA) is 65.4 Å². The third-order valence-electron chi connectivity index (χ3n) is 2.29. The lowest BCUT2D eigenvalue weighted by Crippen LogP contribution is -2.43. The first-order chi connectivity index (χ1) is 7.60. The molecule has 1 rings (SSSR count). The van der Waals surface area contributed by atoms with E-state index in [2.05, 4.69) is 10.4 Å². The first kappa shape index (κ1) is 12.7. The number of carbonyl (C=O) groups excluding carboxylic acids is 1. The number of nitrogens with zero attached hydrogens (tertiary/aromatic N) is 2. The lowest BCUT2D eigenvalue weighted by atomic mass is 10.3. The highest BCUT2D eigenvalue weighted by molar-refractivity contribution is 5.92. The van der Waals surface area contributed by atoms with Gasteiger partial charge in [-0.2, -0.15) is 5.10 Å². The third kappa shape index (κ3) is 2.80. The minimum absolute atomic E-state index is 0.202. The predicted octanol–water partition coefficient (Wildman–Crippen LogP) is 0.157. The molecule has 1 N–H and O–H groups in total. The van der Waals surface area contributed by atoms with E-state index in [9.17, 15) is 4.79 Å². The number of hydrogen-bond donors (Lipinski definition) is 1. The van der Waals surface area contributed by atoms with Crippen LogP contribution in [-0.4, -0.2) is 42.2 Å². The molecule has 0 aliphatic heterocycles. The van der Waals surface area contributed by atoms with Gasteiger partial charge in [-0.3, -0.25) is 9.48 Å². The van der Waals surface area contributed by atoms with Crippen molar-refractivity contribution in [3.8, 4) is 0 Å². The molecule has 0 bridgehead atoms. The van der Waals surface area contributed by atoms with E-state index in [4.69, 9.17) is 9.47 Å². The van der Waals surface area contributed by atoms with Crippen LogP contribution in [0.25, 0.3) is 0 Å². The van der Waals surface area contributed by atoms with Crippen molar-refractivity contribution >= 4 is 5.91 Å². The fourth-order valence-corrected chi connectivity index (χ4v) is 1.45. The van der Waals surface area contributed by atoms with E-state index in [-0.39, 0.29) is 11.9 Å². The van der Waals surface area contributed by atoms with E-state index in [0.717, 1.165) is 0 Å². The van der Waals surface area contributed by atoms with Gasteiger partial charge in [-0.05, 0) is 13.0 Å². The molecule has 1 heterocycles. The van der Waals surface area contributed by atoms with Crippen molar-refractivity contribution in [3.05, 3.63) is 18.0 Å². The number of ether oxygens (including phenoxy) is 2. The Morgan fingerprint density at radius 3 is 2.56 bits per heavy atom. The van der Waals surface area contributed by atoms with Gasteiger partial charge in [-0.15, -0.1) is 0 Å². The maximum absolute atomic E-state index is 11.8. The van der Waals surface area contributed by atoms with Crippen LogP contribution < -0.4 is 5.32 Å². The van der Waals surface area contributed by atoms with Crippen molar-refractivity contribution in [2.24, 2.45) is 7.05 Å². The number of aromatic nitrogens is 2. The summed E-state index contributed by atoms with van der Waals surface area (Å²) in [5, 5.41) is 6.70. The molecule has 1 aromatic rings. The van der Waals surface area contributed by atoms with Crippen LogP contribution in [0.5, 0.6) is 0 Å². The molecule has 0 aliphatic carbocycles. The van der Waals surface area contributed by atoms with Gasteiger partial charge in [0, 0.05) is 27.5 Å². The van der Waals surface area contributed by atoms with Crippen LogP contribution in [-0.2, 0) is 16.5 Å². The van der Waals surface area contributed by atoms with E-state index >= 15 is 0 Å². The second kappa shape index (κ2) is 5.62. The zero-order valence-corrected chi connectivity index (χ0v) is 9.93. The molecule has 0 radical (unpaired) electrons. The SMILES string of the molecule is COC(OC)C(C)NC(=O)c1ccnn1C. The summed E-state index contributed by atoms with van der Waals surface area (Å²) >= 11 is 0. The van der Waals surface area contributed by atoms with Crippen LogP contribution >= 0.6 is 0 Å². The van der Waals surface area contributed by atoms with Crippen LogP contribution in [0.4, 0.5) is 0 Å². The maximum atomic E-state index is 11.8. The second-order valence-electron chi connectivity index (χ2n) is 3.44. The van der Waals surface area contributed by atoms with Gasteiger partial charge < -0.3 is 14.8 Å². The van der Waals surface area contributed by atoms with Crippen LogP contribution in [0.2, 0.25) is 0 Å². The average Bonchev–Trinajstić information content (AvgIpc) is 2.66. The van der Waals surface area contributed by atoms with Crippen LogP contribution in [0, 0.1) is 0 Å². The predicted molar refractivity (Wildman–Crippen MR) is 57.9 cm³/mol. The van der Waals surface area contributed by atoms with E-state index in [1.807, 2.05) is 6.92 Å². The summed E-state index contributed by atoms with van der Waals surface area (Å²) in [7, 11) is 4.77. The number of aryl methyl sites for hydroxylation is 1. The molecule has 16 heavy (non-hydrogen) atoms. The third-order valence-corrected chi connectivity index (χ3v) is 2.29. The Hall–Kier alpha value is -1.40. The molecular weight excluding hydrogens is 210 g/mol. The lowest BCUT2D eigenvalue weighted by molar-refractivity contribution is -0.117. The Balaban J connectivity index is 2.61. The zero-order valence-electron chi connectivity index (χ0n) is 9.93. The second-order valence-corrected chi connectivity index (χ2v) is 3.44. The summed E-state index contributed by atoms with van der Waals surface area (Å²) in [4.78, 5) is 11.8. The molecule has 6 heteroatoms. The van der Waals surface area contributed by atoms with E-state index in [1.165, 1.54) is 18.9 Å². The number of hydrogen-bond acceptors (Lipinski definition) is 4. The van der Waals surface area contributed by atoms with Gasteiger partial charge in [-0.1, -0.05) is 0 Å². The van der Waals surface area contributed by atoms with Crippen molar-refractivity contribution < 1.29 is 14.3 Å². The molecule has 0 aromatic carbocycles. The molecule has 0 fully saturated rings. The molecule has 1 unspecified atom stereocenters. The average molecular weight is 227 g/mol. The Labute approximate surface area is 94.5 Å². The molecule has 0 saturated carbocycles. The van der Waals surface area contributed by atoms with Crippen molar-refractivity contribution in [2.75, 3.05) is 14.2 Å². The molecule has 1 aromatic heterocycles. The quantitative estimate of drug-likeness (QED) is 0.728. The highest BCUT2D eigenvalue weighted by Gasteiger charge is 2.19. The molecule has 0 saturated heterocycles. The first-order valence-corrected chi connectivity index (χ1v) is 4.94.